The molecular weight excluding hydrogens is 349 g/mol. The summed E-state index contributed by atoms with van der Waals surface area (Å²) >= 11 is 1.52. The predicted molar refractivity (Wildman–Crippen MR) is 102 cm³/mol. The standard InChI is InChI=1S/C19H18FN5S/c1-13-22-16-4-2-3-5-17(16)25(13)11-10-21-19-24-23-18(26-19)12-14-6-8-15(20)9-7-14/h2-9H,10-12H2,1H3,(H,21,24). The van der Waals surface area contributed by atoms with E-state index in [1.807, 2.05) is 25.1 Å². The van der Waals surface area contributed by atoms with Gasteiger partial charge in [-0.2, -0.15) is 0 Å². The monoisotopic (exact) mass is 367 g/mol. The number of hydrogen-bond donors (Lipinski definition) is 1. The van der Waals surface area contributed by atoms with Gasteiger partial charge in [0.25, 0.3) is 0 Å². The van der Waals surface area contributed by atoms with Crippen molar-refractivity contribution in [2.45, 2.75) is 19.9 Å². The number of aromatic nitrogens is 4. The molecule has 0 atom stereocenters. The first kappa shape index (κ1) is 16.7. The Balaban J connectivity index is 1.37. The van der Waals surface area contributed by atoms with Crippen LogP contribution in [0.5, 0.6) is 0 Å². The molecule has 0 saturated heterocycles. The highest BCUT2D eigenvalue weighted by Gasteiger charge is 2.08. The lowest BCUT2D eigenvalue weighted by Crippen LogP contribution is -2.11. The Labute approximate surface area is 154 Å². The molecule has 26 heavy (non-hydrogen) atoms. The Hall–Kier alpha value is -2.80. The molecule has 0 saturated carbocycles. The Morgan fingerprint density at radius 2 is 1.88 bits per heavy atom. The van der Waals surface area contributed by atoms with Gasteiger partial charge in [0, 0.05) is 19.5 Å². The van der Waals surface area contributed by atoms with Crippen molar-refractivity contribution < 1.29 is 4.39 Å². The molecule has 2 aromatic carbocycles. The van der Waals surface area contributed by atoms with E-state index in [4.69, 9.17) is 0 Å². The zero-order chi connectivity index (χ0) is 17.9. The van der Waals surface area contributed by atoms with Crippen molar-refractivity contribution >= 4 is 27.5 Å². The van der Waals surface area contributed by atoms with Crippen molar-refractivity contribution in [3.05, 3.63) is 70.7 Å². The summed E-state index contributed by atoms with van der Waals surface area (Å²) in [5.74, 6) is 0.776. The van der Waals surface area contributed by atoms with Crippen LogP contribution in [0.4, 0.5) is 9.52 Å². The lowest BCUT2D eigenvalue weighted by atomic mass is 10.2. The van der Waals surface area contributed by atoms with E-state index in [1.54, 1.807) is 12.1 Å². The first-order valence-corrected chi connectivity index (χ1v) is 9.23. The number of aryl methyl sites for hydroxylation is 1. The molecule has 0 radical (unpaired) electrons. The number of anilines is 1. The maximum absolute atomic E-state index is 13.0. The largest absolute Gasteiger partial charge is 0.358 e. The Morgan fingerprint density at radius 1 is 1.08 bits per heavy atom. The van der Waals surface area contributed by atoms with Crippen LogP contribution in [0.15, 0.2) is 48.5 Å². The van der Waals surface area contributed by atoms with Crippen LogP contribution in [0.3, 0.4) is 0 Å². The molecule has 0 aliphatic carbocycles. The van der Waals surface area contributed by atoms with Gasteiger partial charge in [-0.3, -0.25) is 0 Å². The van der Waals surface area contributed by atoms with Crippen molar-refractivity contribution in [2.75, 3.05) is 11.9 Å². The molecule has 2 aromatic heterocycles. The van der Waals surface area contributed by atoms with E-state index in [9.17, 15) is 4.39 Å². The zero-order valence-electron chi connectivity index (χ0n) is 14.3. The Morgan fingerprint density at radius 3 is 2.73 bits per heavy atom. The van der Waals surface area contributed by atoms with Gasteiger partial charge in [-0.1, -0.05) is 35.6 Å². The number of nitrogens with zero attached hydrogens (tertiary/aromatic N) is 4. The topological polar surface area (TPSA) is 55.6 Å². The number of nitrogens with one attached hydrogen (secondary N) is 1. The van der Waals surface area contributed by atoms with Crippen LogP contribution in [0, 0.1) is 12.7 Å². The van der Waals surface area contributed by atoms with Gasteiger partial charge in [-0.15, -0.1) is 10.2 Å². The minimum absolute atomic E-state index is 0.226. The predicted octanol–water partition coefficient (Wildman–Crippen LogP) is 4.04. The maximum atomic E-state index is 13.0. The van der Waals surface area contributed by atoms with Gasteiger partial charge in [-0.05, 0) is 36.8 Å². The van der Waals surface area contributed by atoms with Crippen LogP contribution in [-0.4, -0.2) is 26.3 Å². The minimum Gasteiger partial charge on any atom is -0.358 e. The van der Waals surface area contributed by atoms with Gasteiger partial charge in [0.2, 0.25) is 5.13 Å². The Kier molecular flexibility index (Phi) is 4.62. The molecule has 1 N–H and O–H groups in total. The number of para-hydroxylation sites is 2. The molecule has 4 rings (SSSR count). The number of imidazole rings is 1. The fraction of sp³-hybridized carbons (Fsp3) is 0.211. The Bertz CT molecular complexity index is 1020. The summed E-state index contributed by atoms with van der Waals surface area (Å²) in [6.07, 6.45) is 0.658. The van der Waals surface area contributed by atoms with E-state index in [-0.39, 0.29) is 5.82 Å². The van der Waals surface area contributed by atoms with Crippen LogP contribution in [0.2, 0.25) is 0 Å². The van der Waals surface area contributed by atoms with Gasteiger partial charge >= 0.3 is 0 Å². The van der Waals surface area contributed by atoms with Gasteiger partial charge < -0.3 is 9.88 Å². The lowest BCUT2D eigenvalue weighted by molar-refractivity contribution is 0.627. The van der Waals surface area contributed by atoms with Crippen LogP contribution < -0.4 is 5.32 Å². The number of rotatable bonds is 6. The van der Waals surface area contributed by atoms with Crippen LogP contribution in [0.1, 0.15) is 16.4 Å². The van der Waals surface area contributed by atoms with Gasteiger partial charge in [0.05, 0.1) is 11.0 Å². The molecular formula is C19H18FN5S. The molecule has 0 aliphatic heterocycles. The number of halogens is 1. The molecule has 5 nitrogen and oxygen atoms in total. The minimum atomic E-state index is -0.226. The second kappa shape index (κ2) is 7.21. The van der Waals surface area contributed by atoms with Gasteiger partial charge in [0.1, 0.15) is 16.6 Å². The summed E-state index contributed by atoms with van der Waals surface area (Å²) in [4.78, 5) is 4.58. The second-order valence-electron chi connectivity index (χ2n) is 6.03. The molecule has 0 aliphatic rings. The molecule has 7 heteroatoms. The summed E-state index contributed by atoms with van der Waals surface area (Å²) in [5, 5.41) is 13.4. The molecule has 0 unspecified atom stereocenters. The maximum Gasteiger partial charge on any atom is 0.205 e. The van der Waals surface area contributed by atoms with Crippen molar-refractivity contribution in [3.63, 3.8) is 0 Å². The van der Waals surface area contributed by atoms with Crippen LogP contribution in [0.25, 0.3) is 11.0 Å². The van der Waals surface area contributed by atoms with Crippen LogP contribution in [-0.2, 0) is 13.0 Å². The number of fused-ring (bicyclic) bond motifs is 1. The fourth-order valence-electron chi connectivity index (χ4n) is 2.93. The third-order valence-electron chi connectivity index (χ3n) is 4.19. The molecule has 4 aromatic rings. The average molecular weight is 367 g/mol. The quantitative estimate of drug-likeness (QED) is 0.559. The normalized spacial score (nSPS) is 11.2. The second-order valence-corrected chi connectivity index (χ2v) is 7.09. The van der Waals surface area contributed by atoms with Crippen LogP contribution >= 0.6 is 11.3 Å². The number of benzene rings is 2. The third kappa shape index (κ3) is 3.57. The van der Waals surface area contributed by atoms with E-state index < -0.39 is 0 Å². The summed E-state index contributed by atoms with van der Waals surface area (Å²) < 4.78 is 15.2. The zero-order valence-corrected chi connectivity index (χ0v) is 15.1. The SMILES string of the molecule is Cc1nc2ccccc2n1CCNc1nnc(Cc2ccc(F)cc2)s1. The summed E-state index contributed by atoms with van der Waals surface area (Å²) in [5.41, 5.74) is 3.18. The van der Waals surface area contributed by atoms with Crippen molar-refractivity contribution in [3.8, 4) is 0 Å². The summed E-state index contributed by atoms with van der Waals surface area (Å²) in [7, 11) is 0. The highest BCUT2D eigenvalue weighted by molar-refractivity contribution is 7.15. The van der Waals surface area contributed by atoms with E-state index in [0.29, 0.717) is 6.42 Å². The smallest absolute Gasteiger partial charge is 0.205 e. The van der Waals surface area contributed by atoms with Crippen molar-refractivity contribution in [1.29, 1.82) is 0 Å². The fourth-order valence-corrected chi connectivity index (χ4v) is 3.73. The molecule has 2 heterocycles. The third-order valence-corrected chi connectivity index (χ3v) is 5.07. The molecule has 0 spiro atoms. The lowest BCUT2D eigenvalue weighted by Gasteiger charge is -2.07. The highest BCUT2D eigenvalue weighted by Crippen LogP contribution is 2.19. The highest BCUT2D eigenvalue weighted by atomic mass is 32.1. The average Bonchev–Trinajstić information content (AvgIpc) is 3.21. The summed E-state index contributed by atoms with van der Waals surface area (Å²) in [6.45, 7) is 3.57. The van der Waals surface area contributed by atoms with Crippen molar-refractivity contribution in [2.24, 2.45) is 0 Å². The molecule has 0 fully saturated rings. The van der Waals surface area contributed by atoms with E-state index in [2.05, 4.69) is 31.1 Å². The number of hydrogen-bond acceptors (Lipinski definition) is 5. The van der Waals surface area contributed by atoms with E-state index >= 15 is 0 Å². The first-order chi connectivity index (χ1) is 12.7. The molecule has 0 amide bonds. The first-order valence-electron chi connectivity index (χ1n) is 8.41. The summed E-state index contributed by atoms with van der Waals surface area (Å²) in [6, 6.07) is 14.6. The molecule has 132 valence electrons. The van der Waals surface area contributed by atoms with E-state index in [1.165, 1.54) is 23.5 Å². The van der Waals surface area contributed by atoms with E-state index in [0.717, 1.165) is 45.6 Å². The molecule has 0 bridgehead atoms. The van der Waals surface area contributed by atoms with Crippen molar-refractivity contribution in [1.82, 2.24) is 19.7 Å². The van der Waals surface area contributed by atoms with Gasteiger partial charge in [0.15, 0.2) is 0 Å². The van der Waals surface area contributed by atoms with Gasteiger partial charge in [-0.25, -0.2) is 9.37 Å².